The van der Waals surface area contributed by atoms with Crippen LogP contribution in [0.25, 0.3) is 0 Å². The number of hydrogen-bond acceptors (Lipinski definition) is 2. The standard InChI is InChI=1S/C10H19N3OS/c1-8(12-10(15)11-2)9(14)13-6-4-3-5-7-13/h8H,3-7H2,1-2H3,(H2,11,12,15). The summed E-state index contributed by atoms with van der Waals surface area (Å²) in [6.45, 7) is 3.62. The second-order valence-corrected chi connectivity index (χ2v) is 4.24. The molecule has 86 valence electrons. The number of carbonyl (C=O) groups is 1. The van der Waals surface area contributed by atoms with Gasteiger partial charge in [-0.15, -0.1) is 0 Å². The van der Waals surface area contributed by atoms with E-state index in [9.17, 15) is 4.79 Å². The van der Waals surface area contributed by atoms with Gasteiger partial charge in [-0.05, 0) is 38.4 Å². The Morgan fingerprint density at radius 3 is 2.47 bits per heavy atom. The van der Waals surface area contributed by atoms with E-state index in [1.807, 2.05) is 11.8 Å². The van der Waals surface area contributed by atoms with Gasteiger partial charge in [-0.2, -0.15) is 0 Å². The van der Waals surface area contributed by atoms with Crippen LogP contribution in [0, 0.1) is 0 Å². The topological polar surface area (TPSA) is 44.4 Å². The molecule has 0 bridgehead atoms. The molecule has 5 heteroatoms. The Morgan fingerprint density at radius 1 is 1.33 bits per heavy atom. The molecule has 1 unspecified atom stereocenters. The Morgan fingerprint density at radius 2 is 1.93 bits per heavy atom. The molecule has 1 heterocycles. The maximum absolute atomic E-state index is 11.9. The van der Waals surface area contributed by atoms with Crippen molar-refractivity contribution in [2.24, 2.45) is 0 Å². The maximum Gasteiger partial charge on any atom is 0.244 e. The predicted octanol–water partition coefficient (Wildman–Crippen LogP) is 0.481. The highest BCUT2D eigenvalue weighted by molar-refractivity contribution is 7.80. The maximum atomic E-state index is 11.9. The van der Waals surface area contributed by atoms with Gasteiger partial charge in [-0.25, -0.2) is 0 Å². The average Bonchev–Trinajstić information content (AvgIpc) is 2.29. The summed E-state index contributed by atoms with van der Waals surface area (Å²) in [5.74, 6) is 0.146. The van der Waals surface area contributed by atoms with Gasteiger partial charge in [-0.3, -0.25) is 4.79 Å². The third kappa shape index (κ3) is 3.66. The fourth-order valence-corrected chi connectivity index (χ4v) is 1.90. The number of rotatable bonds is 2. The van der Waals surface area contributed by atoms with Crippen molar-refractivity contribution in [3.8, 4) is 0 Å². The Bertz CT molecular complexity index is 239. The highest BCUT2D eigenvalue weighted by atomic mass is 32.1. The molecule has 1 aliphatic heterocycles. The van der Waals surface area contributed by atoms with Crippen LogP contribution in [0.1, 0.15) is 26.2 Å². The first-order chi connectivity index (χ1) is 7.15. The molecular weight excluding hydrogens is 210 g/mol. The number of amides is 1. The molecule has 0 aromatic rings. The minimum absolute atomic E-state index is 0.146. The van der Waals surface area contributed by atoms with Gasteiger partial charge in [0, 0.05) is 20.1 Å². The van der Waals surface area contributed by atoms with Crippen LogP contribution >= 0.6 is 12.2 Å². The van der Waals surface area contributed by atoms with E-state index >= 15 is 0 Å². The lowest BCUT2D eigenvalue weighted by molar-refractivity contribution is -0.133. The Balaban J connectivity index is 2.40. The van der Waals surface area contributed by atoms with E-state index in [0.717, 1.165) is 25.9 Å². The molecule has 1 rings (SSSR count). The van der Waals surface area contributed by atoms with Gasteiger partial charge in [0.05, 0.1) is 0 Å². The number of piperidine rings is 1. The molecule has 0 radical (unpaired) electrons. The first-order valence-electron chi connectivity index (χ1n) is 5.42. The molecule has 2 N–H and O–H groups in total. The van der Waals surface area contributed by atoms with Crippen LogP contribution in [0.3, 0.4) is 0 Å². The molecule has 0 aromatic heterocycles. The predicted molar refractivity (Wildman–Crippen MR) is 64.7 cm³/mol. The van der Waals surface area contributed by atoms with E-state index in [1.54, 1.807) is 7.05 Å². The first kappa shape index (κ1) is 12.2. The number of likely N-dealkylation sites (tertiary alicyclic amines) is 1. The van der Waals surface area contributed by atoms with Crippen molar-refractivity contribution < 1.29 is 4.79 Å². The molecule has 1 saturated heterocycles. The molecule has 0 spiro atoms. The van der Waals surface area contributed by atoms with E-state index in [1.165, 1.54) is 6.42 Å². The summed E-state index contributed by atoms with van der Waals surface area (Å²) in [6, 6.07) is -0.233. The van der Waals surface area contributed by atoms with E-state index < -0.39 is 0 Å². The average molecular weight is 229 g/mol. The van der Waals surface area contributed by atoms with Crippen molar-refractivity contribution in [3.63, 3.8) is 0 Å². The molecule has 15 heavy (non-hydrogen) atoms. The molecule has 1 atom stereocenters. The zero-order chi connectivity index (χ0) is 11.3. The minimum Gasteiger partial charge on any atom is -0.366 e. The van der Waals surface area contributed by atoms with Crippen LogP contribution in [0.15, 0.2) is 0 Å². The molecular formula is C10H19N3OS. The molecule has 4 nitrogen and oxygen atoms in total. The smallest absolute Gasteiger partial charge is 0.244 e. The van der Waals surface area contributed by atoms with Crippen LogP contribution in [-0.2, 0) is 4.79 Å². The summed E-state index contributed by atoms with van der Waals surface area (Å²) in [5.41, 5.74) is 0. The molecule has 0 aromatic carbocycles. The van der Waals surface area contributed by atoms with Crippen molar-refractivity contribution in [2.45, 2.75) is 32.2 Å². The van der Waals surface area contributed by atoms with Crippen LogP contribution in [0.2, 0.25) is 0 Å². The number of nitrogens with one attached hydrogen (secondary N) is 2. The minimum atomic E-state index is -0.233. The lowest BCUT2D eigenvalue weighted by atomic mass is 10.1. The zero-order valence-electron chi connectivity index (χ0n) is 9.38. The van der Waals surface area contributed by atoms with Crippen LogP contribution in [0.5, 0.6) is 0 Å². The summed E-state index contributed by atoms with van der Waals surface area (Å²) in [7, 11) is 1.74. The quantitative estimate of drug-likeness (QED) is 0.676. The number of nitrogens with zero attached hydrogens (tertiary/aromatic N) is 1. The number of thiocarbonyl (C=S) groups is 1. The van der Waals surface area contributed by atoms with E-state index in [-0.39, 0.29) is 11.9 Å². The monoisotopic (exact) mass is 229 g/mol. The third-order valence-corrected chi connectivity index (χ3v) is 2.93. The second kappa shape index (κ2) is 5.90. The van der Waals surface area contributed by atoms with Crippen molar-refractivity contribution in [2.75, 3.05) is 20.1 Å². The highest BCUT2D eigenvalue weighted by Crippen LogP contribution is 2.09. The Kier molecular flexibility index (Phi) is 4.81. The van der Waals surface area contributed by atoms with Crippen LogP contribution < -0.4 is 10.6 Å². The lowest BCUT2D eigenvalue weighted by Crippen LogP contribution is -2.50. The van der Waals surface area contributed by atoms with Gasteiger partial charge < -0.3 is 15.5 Å². The fraction of sp³-hybridized carbons (Fsp3) is 0.800. The summed E-state index contributed by atoms with van der Waals surface area (Å²) >= 11 is 4.96. The van der Waals surface area contributed by atoms with E-state index in [0.29, 0.717) is 5.11 Å². The van der Waals surface area contributed by atoms with Gasteiger partial charge in [0.2, 0.25) is 5.91 Å². The number of hydrogen-bond donors (Lipinski definition) is 2. The van der Waals surface area contributed by atoms with Gasteiger partial charge in [0.25, 0.3) is 0 Å². The summed E-state index contributed by atoms with van der Waals surface area (Å²) < 4.78 is 0. The number of carbonyl (C=O) groups excluding carboxylic acids is 1. The Labute approximate surface area is 96.4 Å². The van der Waals surface area contributed by atoms with Crippen molar-refractivity contribution in [1.82, 2.24) is 15.5 Å². The summed E-state index contributed by atoms with van der Waals surface area (Å²) in [4.78, 5) is 13.8. The molecule has 0 saturated carbocycles. The zero-order valence-corrected chi connectivity index (χ0v) is 10.2. The van der Waals surface area contributed by atoms with Gasteiger partial charge in [-0.1, -0.05) is 0 Å². The fourth-order valence-electron chi connectivity index (χ4n) is 1.72. The SMILES string of the molecule is CNC(=S)NC(C)C(=O)N1CCCCC1. The van der Waals surface area contributed by atoms with Gasteiger partial charge in [0.15, 0.2) is 5.11 Å². The van der Waals surface area contributed by atoms with Gasteiger partial charge >= 0.3 is 0 Å². The molecule has 1 amide bonds. The summed E-state index contributed by atoms with van der Waals surface area (Å²) in [5, 5.41) is 6.28. The van der Waals surface area contributed by atoms with Crippen molar-refractivity contribution in [3.05, 3.63) is 0 Å². The van der Waals surface area contributed by atoms with E-state index in [2.05, 4.69) is 10.6 Å². The molecule has 1 fully saturated rings. The van der Waals surface area contributed by atoms with Crippen LogP contribution in [0.4, 0.5) is 0 Å². The van der Waals surface area contributed by atoms with E-state index in [4.69, 9.17) is 12.2 Å². The first-order valence-corrected chi connectivity index (χ1v) is 5.83. The van der Waals surface area contributed by atoms with Crippen LogP contribution in [-0.4, -0.2) is 42.1 Å². The Hall–Kier alpha value is -0.840. The van der Waals surface area contributed by atoms with Crippen molar-refractivity contribution in [1.29, 1.82) is 0 Å². The second-order valence-electron chi connectivity index (χ2n) is 3.83. The third-order valence-electron chi connectivity index (χ3n) is 2.61. The molecule has 0 aliphatic carbocycles. The largest absolute Gasteiger partial charge is 0.366 e. The molecule has 1 aliphatic rings. The van der Waals surface area contributed by atoms with Crippen molar-refractivity contribution >= 4 is 23.2 Å². The van der Waals surface area contributed by atoms with Gasteiger partial charge in [0.1, 0.15) is 6.04 Å². The lowest BCUT2D eigenvalue weighted by Gasteiger charge is -2.29. The normalized spacial score (nSPS) is 18.1. The summed E-state index contributed by atoms with van der Waals surface area (Å²) in [6.07, 6.45) is 3.48. The highest BCUT2D eigenvalue weighted by Gasteiger charge is 2.22.